The van der Waals surface area contributed by atoms with Gasteiger partial charge in [-0.15, -0.1) is 13.2 Å². The lowest BCUT2D eigenvalue weighted by atomic mass is 10.1. The van der Waals surface area contributed by atoms with E-state index in [0.717, 1.165) is 18.9 Å². The Labute approximate surface area is 180 Å². The molecule has 0 saturated carbocycles. The standard InChI is InChI=1S/C21H30N2O5SSi/c1-5-16-22(29(26,27)21-14-11-19(12-15-21)23(24)25)18-8-7-9-20(13-10-18)28-30(3,4)17-6-2/h5-6,10-15,18,20H,1-2,7-9,16-17H2,3-4H3/t18-,20-/m1/s1. The van der Waals surface area contributed by atoms with Crippen LogP contribution in [0.25, 0.3) is 0 Å². The summed E-state index contributed by atoms with van der Waals surface area (Å²) in [6.45, 7) is 11.9. The van der Waals surface area contributed by atoms with Gasteiger partial charge in [0.2, 0.25) is 10.0 Å². The van der Waals surface area contributed by atoms with Crippen molar-refractivity contribution >= 4 is 24.0 Å². The number of nitro benzene ring substituents is 1. The first kappa shape index (κ1) is 24.2. The Morgan fingerprint density at radius 1 is 1.20 bits per heavy atom. The summed E-state index contributed by atoms with van der Waals surface area (Å²) in [6.07, 6.45) is 9.60. The highest BCUT2D eigenvalue weighted by Gasteiger charge is 2.32. The van der Waals surface area contributed by atoms with Crippen molar-refractivity contribution in [2.75, 3.05) is 6.54 Å². The van der Waals surface area contributed by atoms with E-state index in [-0.39, 0.29) is 29.3 Å². The fourth-order valence-corrected chi connectivity index (χ4v) is 6.92. The van der Waals surface area contributed by atoms with E-state index >= 15 is 0 Å². The first-order valence-electron chi connectivity index (χ1n) is 9.95. The topological polar surface area (TPSA) is 89.8 Å². The van der Waals surface area contributed by atoms with Gasteiger partial charge in [-0.25, -0.2) is 8.42 Å². The molecular formula is C21H30N2O5SSi. The largest absolute Gasteiger partial charge is 0.411 e. The van der Waals surface area contributed by atoms with Crippen LogP contribution in [0.15, 0.2) is 66.6 Å². The molecule has 0 aliphatic heterocycles. The molecule has 7 nitrogen and oxygen atoms in total. The molecule has 1 aromatic carbocycles. The van der Waals surface area contributed by atoms with Crippen LogP contribution < -0.4 is 0 Å². The quantitative estimate of drug-likeness (QED) is 0.224. The molecule has 30 heavy (non-hydrogen) atoms. The Bertz CT molecular complexity index is 896. The van der Waals surface area contributed by atoms with Crippen molar-refractivity contribution in [3.05, 3.63) is 71.8 Å². The summed E-state index contributed by atoms with van der Waals surface area (Å²) in [5.74, 6) is 0. The molecule has 1 aromatic rings. The Morgan fingerprint density at radius 3 is 2.43 bits per heavy atom. The SMILES string of the molecule is C=CCN([C@H]1C=C[C@H](O[Si](C)(C)CC=C)CCC1)S(=O)(=O)c1ccc([N+](=O)[O-])cc1. The van der Waals surface area contributed by atoms with E-state index in [1.807, 2.05) is 18.2 Å². The number of non-ortho nitro benzene ring substituents is 1. The van der Waals surface area contributed by atoms with Gasteiger partial charge in [0.05, 0.1) is 15.9 Å². The van der Waals surface area contributed by atoms with Gasteiger partial charge in [-0.2, -0.15) is 4.31 Å². The van der Waals surface area contributed by atoms with Crippen LogP contribution in [-0.4, -0.2) is 44.7 Å². The zero-order valence-corrected chi connectivity index (χ0v) is 19.4. The molecule has 1 aliphatic carbocycles. The second-order valence-corrected chi connectivity index (χ2v) is 14.0. The number of benzene rings is 1. The molecule has 0 unspecified atom stereocenters. The van der Waals surface area contributed by atoms with Crippen LogP contribution >= 0.6 is 0 Å². The first-order valence-corrected chi connectivity index (χ1v) is 14.5. The Kier molecular flexibility index (Phi) is 8.31. The number of nitrogens with zero attached hydrogens (tertiary/aromatic N) is 2. The maximum absolute atomic E-state index is 13.2. The van der Waals surface area contributed by atoms with Gasteiger partial charge in [-0.3, -0.25) is 10.1 Å². The van der Waals surface area contributed by atoms with Gasteiger partial charge in [-0.1, -0.05) is 24.3 Å². The average Bonchev–Trinajstić information content (AvgIpc) is 2.90. The van der Waals surface area contributed by atoms with E-state index in [1.165, 1.54) is 28.6 Å². The molecular weight excluding hydrogens is 420 g/mol. The Morgan fingerprint density at radius 2 is 1.87 bits per heavy atom. The molecule has 0 fully saturated rings. The number of rotatable bonds is 10. The molecule has 0 radical (unpaired) electrons. The third-order valence-corrected chi connectivity index (χ3v) is 9.09. The van der Waals surface area contributed by atoms with Gasteiger partial charge < -0.3 is 4.43 Å². The van der Waals surface area contributed by atoms with Crippen molar-refractivity contribution in [2.45, 2.75) is 55.4 Å². The fraction of sp³-hybridized carbons (Fsp3) is 0.429. The molecule has 164 valence electrons. The highest BCUT2D eigenvalue weighted by Crippen LogP contribution is 2.27. The average molecular weight is 451 g/mol. The minimum Gasteiger partial charge on any atom is -0.411 e. The van der Waals surface area contributed by atoms with E-state index < -0.39 is 23.3 Å². The lowest BCUT2D eigenvalue weighted by Crippen LogP contribution is -2.39. The summed E-state index contributed by atoms with van der Waals surface area (Å²) in [6, 6.07) is 5.49. The summed E-state index contributed by atoms with van der Waals surface area (Å²) in [7, 11) is -5.69. The summed E-state index contributed by atoms with van der Waals surface area (Å²) >= 11 is 0. The van der Waals surface area contributed by atoms with Crippen molar-refractivity contribution in [2.24, 2.45) is 0 Å². The number of nitro groups is 1. The predicted molar refractivity (Wildman–Crippen MR) is 121 cm³/mol. The van der Waals surface area contributed by atoms with Crippen LogP contribution in [0, 0.1) is 10.1 Å². The van der Waals surface area contributed by atoms with E-state index in [1.54, 1.807) is 6.08 Å². The molecule has 2 atom stereocenters. The molecule has 0 amide bonds. The zero-order chi connectivity index (χ0) is 22.4. The molecule has 0 bridgehead atoms. The van der Waals surface area contributed by atoms with Crippen LogP contribution in [0.5, 0.6) is 0 Å². The Hall–Kier alpha value is -2.07. The van der Waals surface area contributed by atoms with Gasteiger partial charge in [0.1, 0.15) is 0 Å². The van der Waals surface area contributed by atoms with E-state index in [9.17, 15) is 18.5 Å². The maximum Gasteiger partial charge on any atom is 0.269 e. The van der Waals surface area contributed by atoms with Crippen molar-refractivity contribution < 1.29 is 17.8 Å². The highest BCUT2D eigenvalue weighted by molar-refractivity contribution is 7.89. The zero-order valence-electron chi connectivity index (χ0n) is 17.6. The summed E-state index contributed by atoms with van der Waals surface area (Å²) in [5, 5.41) is 10.9. The van der Waals surface area contributed by atoms with Gasteiger partial charge in [0.25, 0.3) is 5.69 Å². The smallest absolute Gasteiger partial charge is 0.269 e. The molecule has 0 heterocycles. The third-order valence-electron chi connectivity index (χ3n) is 4.98. The minimum absolute atomic E-state index is 0.0277. The van der Waals surface area contributed by atoms with Gasteiger partial charge in [0.15, 0.2) is 8.32 Å². The summed E-state index contributed by atoms with van der Waals surface area (Å²) < 4.78 is 34.2. The van der Waals surface area contributed by atoms with E-state index in [0.29, 0.717) is 6.42 Å². The number of sulfonamides is 1. The second-order valence-electron chi connectivity index (χ2n) is 7.91. The molecule has 0 spiro atoms. The summed E-state index contributed by atoms with van der Waals surface area (Å²) in [4.78, 5) is 10.3. The van der Waals surface area contributed by atoms with Crippen LogP contribution in [0.3, 0.4) is 0 Å². The predicted octanol–water partition coefficient (Wildman–Crippen LogP) is 4.66. The van der Waals surface area contributed by atoms with Crippen LogP contribution in [0.4, 0.5) is 5.69 Å². The summed E-state index contributed by atoms with van der Waals surface area (Å²) in [5.41, 5.74) is -0.148. The van der Waals surface area contributed by atoms with Crippen molar-refractivity contribution in [1.29, 1.82) is 0 Å². The van der Waals surface area contributed by atoms with Crippen LogP contribution in [0.1, 0.15) is 19.3 Å². The third kappa shape index (κ3) is 6.21. The van der Waals surface area contributed by atoms with Gasteiger partial charge in [-0.05, 0) is 50.5 Å². The van der Waals surface area contributed by atoms with E-state index in [2.05, 4.69) is 26.3 Å². The molecule has 0 N–H and O–H groups in total. The van der Waals surface area contributed by atoms with Crippen LogP contribution in [-0.2, 0) is 14.4 Å². The number of hydrogen-bond donors (Lipinski definition) is 0. The van der Waals surface area contributed by atoms with Gasteiger partial charge in [0, 0.05) is 24.7 Å². The first-order chi connectivity index (χ1) is 14.1. The molecule has 0 saturated heterocycles. The van der Waals surface area contributed by atoms with E-state index in [4.69, 9.17) is 4.43 Å². The lowest BCUT2D eigenvalue weighted by Gasteiger charge is -2.27. The normalized spacial score (nSPS) is 20.0. The monoisotopic (exact) mass is 450 g/mol. The van der Waals surface area contributed by atoms with Gasteiger partial charge >= 0.3 is 0 Å². The second kappa shape index (κ2) is 10.3. The van der Waals surface area contributed by atoms with Crippen molar-refractivity contribution in [1.82, 2.24) is 4.31 Å². The molecule has 9 heteroatoms. The molecule has 2 rings (SSSR count). The molecule has 1 aliphatic rings. The van der Waals surface area contributed by atoms with Crippen LogP contribution in [0.2, 0.25) is 19.1 Å². The number of allylic oxidation sites excluding steroid dienone is 1. The minimum atomic E-state index is -3.84. The maximum atomic E-state index is 13.2. The van der Waals surface area contributed by atoms with Crippen molar-refractivity contribution in [3.63, 3.8) is 0 Å². The molecule has 0 aromatic heterocycles. The number of hydrogen-bond acceptors (Lipinski definition) is 5. The highest BCUT2D eigenvalue weighted by atomic mass is 32.2. The van der Waals surface area contributed by atoms with Crippen molar-refractivity contribution in [3.8, 4) is 0 Å². The lowest BCUT2D eigenvalue weighted by molar-refractivity contribution is -0.384. The fourth-order valence-electron chi connectivity index (χ4n) is 3.53. The Balaban J connectivity index is 2.26.